The summed E-state index contributed by atoms with van der Waals surface area (Å²) in [6.45, 7) is 5.92. The molecule has 0 spiro atoms. The van der Waals surface area contributed by atoms with Gasteiger partial charge < -0.3 is 9.62 Å². The van der Waals surface area contributed by atoms with Crippen LogP contribution in [0.5, 0.6) is 11.5 Å². The Labute approximate surface area is 149 Å². The van der Waals surface area contributed by atoms with Gasteiger partial charge in [-0.25, -0.2) is 4.79 Å². The number of benzene rings is 2. The topological polar surface area (TPSA) is 44.8 Å². The zero-order chi connectivity index (χ0) is 17.9. The van der Waals surface area contributed by atoms with E-state index in [4.69, 9.17) is 14.5 Å². The summed E-state index contributed by atoms with van der Waals surface area (Å²) < 4.78 is 4.99. The third-order valence-corrected chi connectivity index (χ3v) is 3.68. The summed E-state index contributed by atoms with van der Waals surface area (Å²) in [5.41, 5.74) is 2.40. The number of hydrogen-bond acceptors (Lipinski definition) is 4. The average Bonchev–Trinajstić information content (AvgIpc) is 2.64. The zero-order valence-corrected chi connectivity index (χ0v) is 14.6. The minimum Gasteiger partial charge on any atom is -0.423 e. The second-order valence-corrected chi connectivity index (χ2v) is 5.72. The van der Waals surface area contributed by atoms with Crippen molar-refractivity contribution in [3.63, 3.8) is 0 Å². The Hall–Kier alpha value is -2.59. The van der Waals surface area contributed by atoms with Crippen LogP contribution in [0.15, 0.2) is 61.2 Å². The summed E-state index contributed by atoms with van der Waals surface area (Å²) in [7, 11) is 0. The highest BCUT2D eigenvalue weighted by molar-refractivity contribution is 5.83. The fraction of sp³-hybridized carbons (Fsp3) is 0.286. The number of carbonyl (C=O) groups excluding carboxylic acids is 1. The van der Waals surface area contributed by atoms with Gasteiger partial charge in [0.25, 0.3) is 0 Å². The minimum atomic E-state index is -0.497. The van der Waals surface area contributed by atoms with Crippen molar-refractivity contribution in [2.75, 3.05) is 0 Å². The summed E-state index contributed by atoms with van der Waals surface area (Å²) in [5.74, 6) is 0.466. The maximum absolute atomic E-state index is 11.1. The number of aryl methyl sites for hydroxylation is 1. The number of rotatable bonds is 10. The Morgan fingerprint density at radius 2 is 1.60 bits per heavy atom. The van der Waals surface area contributed by atoms with E-state index in [1.807, 2.05) is 0 Å². The first-order chi connectivity index (χ1) is 12.2. The van der Waals surface area contributed by atoms with Crippen LogP contribution in [-0.4, -0.2) is 5.97 Å². The largest absolute Gasteiger partial charge is 0.423 e. The van der Waals surface area contributed by atoms with E-state index in [-0.39, 0.29) is 0 Å². The van der Waals surface area contributed by atoms with Crippen LogP contribution in [0.25, 0.3) is 0 Å². The second-order valence-electron chi connectivity index (χ2n) is 5.72. The monoisotopic (exact) mass is 340 g/mol. The molecule has 4 heteroatoms. The molecule has 0 unspecified atom stereocenters. The standard InChI is InChI=1S/C21H24O4/c1-3-5-6-7-17-8-10-18(11-9-17)16-23-25-20-14-12-19(13-15-20)24-21(22)4-2/h4,8-15H,2-3,5-7,16H2,1H3. The third-order valence-electron chi connectivity index (χ3n) is 3.68. The highest BCUT2D eigenvalue weighted by Gasteiger charge is 2.02. The summed E-state index contributed by atoms with van der Waals surface area (Å²) in [6, 6.07) is 15.0. The zero-order valence-electron chi connectivity index (χ0n) is 14.6. The van der Waals surface area contributed by atoms with E-state index >= 15 is 0 Å². The molecule has 2 rings (SSSR count). The molecule has 0 fully saturated rings. The molecule has 0 bridgehead atoms. The predicted octanol–water partition coefficient (Wildman–Crippen LogP) is 5.02. The van der Waals surface area contributed by atoms with Gasteiger partial charge in [0, 0.05) is 6.08 Å². The van der Waals surface area contributed by atoms with Crippen LogP contribution in [0.4, 0.5) is 0 Å². The SMILES string of the molecule is C=CC(=O)Oc1ccc(OOCc2ccc(CCCCC)cc2)cc1. The van der Waals surface area contributed by atoms with E-state index in [1.165, 1.54) is 24.8 Å². The van der Waals surface area contributed by atoms with Crippen molar-refractivity contribution in [3.05, 3.63) is 72.3 Å². The van der Waals surface area contributed by atoms with Gasteiger partial charge in [-0.15, -0.1) is 0 Å². The van der Waals surface area contributed by atoms with Crippen LogP contribution < -0.4 is 9.62 Å². The van der Waals surface area contributed by atoms with Crippen molar-refractivity contribution < 1.29 is 19.3 Å². The van der Waals surface area contributed by atoms with E-state index in [2.05, 4.69) is 37.8 Å². The lowest BCUT2D eigenvalue weighted by Crippen LogP contribution is -2.03. The summed E-state index contributed by atoms with van der Waals surface area (Å²) in [6.07, 6.45) is 5.97. The van der Waals surface area contributed by atoms with Crippen molar-refractivity contribution in [1.29, 1.82) is 0 Å². The van der Waals surface area contributed by atoms with Gasteiger partial charge in [-0.1, -0.05) is 50.6 Å². The first-order valence-electron chi connectivity index (χ1n) is 8.53. The van der Waals surface area contributed by atoms with Gasteiger partial charge in [-0.3, -0.25) is 0 Å². The Kier molecular flexibility index (Phi) is 7.73. The quantitative estimate of drug-likeness (QED) is 0.152. The molecule has 0 aromatic heterocycles. The Morgan fingerprint density at radius 3 is 2.24 bits per heavy atom. The van der Waals surface area contributed by atoms with E-state index in [0.29, 0.717) is 18.1 Å². The molecule has 0 aliphatic heterocycles. The predicted molar refractivity (Wildman–Crippen MR) is 97.4 cm³/mol. The highest BCUT2D eigenvalue weighted by atomic mass is 17.2. The first-order valence-corrected chi connectivity index (χ1v) is 8.53. The molecule has 0 saturated carbocycles. The minimum absolute atomic E-state index is 0.364. The van der Waals surface area contributed by atoms with Crippen molar-refractivity contribution in [1.82, 2.24) is 0 Å². The molecule has 0 aliphatic rings. The molecular weight excluding hydrogens is 316 g/mol. The van der Waals surface area contributed by atoms with Crippen molar-refractivity contribution in [3.8, 4) is 11.5 Å². The molecule has 0 saturated heterocycles. The maximum Gasteiger partial charge on any atom is 0.335 e. The number of unbranched alkanes of at least 4 members (excludes halogenated alkanes) is 2. The van der Waals surface area contributed by atoms with Crippen LogP contribution in [0.3, 0.4) is 0 Å². The lowest BCUT2D eigenvalue weighted by molar-refractivity contribution is -0.217. The Bertz CT molecular complexity index is 659. The van der Waals surface area contributed by atoms with Crippen LogP contribution in [-0.2, 0) is 22.7 Å². The van der Waals surface area contributed by atoms with Crippen LogP contribution >= 0.6 is 0 Å². The van der Waals surface area contributed by atoms with Crippen molar-refractivity contribution >= 4 is 5.97 Å². The molecule has 0 amide bonds. The summed E-state index contributed by atoms with van der Waals surface area (Å²) >= 11 is 0. The maximum atomic E-state index is 11.1. The molecule has 4 nitrogen and oxygen atoms in total. The van der Waals surface area contributed by atoms with Gasteiger partial charge in [-0.2, -0.15) is 4.89 Å². The van der Waals surface area contributed by atoms with Crippen LogP contribution in [0.1, 0.15) is 37.3 Å². The van der Waals surface area contributed by atoms with Gasteiger partial charge in [0.15, 0.2) is 5.75 Å². The summed E-state index contributed by atoms with van der Waals surface area (Å²) in [4.78, 5) is 21.6. The molecular formula is C21H24O4. The van der Waals surface area contributed by atoms with E-state index < -0.39 is 5.97 Å². The smallest absolute Gasteiger partial charge is 0.335 e. The van der Waals surface area contributed by atoms with Crippen molar-refractivity contribution in [2.24, 2.45) is 0 Å². The lowest BCUT2D eigenvalue weighted by Gasteiger charge is -2.07. The third kappa shape index (κ3) is 6.81. The molecule has 0 radical (unpaired) electrons. The number of hydrogen-bond donors (Lipinski definition) is 0. The fourth-order valence-electron chi connectivity index (χ4n) is 2.27. The number of carbonyl (C=O) groups is 1. The number of esters is 1. The molecule has 0 N–H and O–H groups in total. The second kappa shape index (κ2) is 10.3. The van der Waals surface area contributed by atoms with Gasteiger partial charge >= 0.3 is 5.97 Å². The normalized spacial score (nSPS) is 10.3. The van der Waals surface area contributed by atoms with E-state index in [9.17, 15) is 4.79 Å². The average molecular weight is 340 g/mol. The first kappa shape index (κ1) is 18.7. The molecule has 2 aromatic rings. The lowest BCUT2D eigenvalue weighted by atomic mass is 10.1. The number of ether oxygens (including phenoxy) is 1. The van der Waals surface area contributed by atoms with E-state index in [0.717, 1.165) is 18.1 Å². The fourth-order valence-corrected chi connectivity index (χ4v) is 2.27. The van der Waals surface area contributed by atoms with Crippen molar-refractivity contribution in [2.45, 2.75) is 39.2 Å². The molecule has 0 aliphatic carbocycles. The molecule has 132 valence electrons. The molecule has 0 atom stereocenters. The van der Waals surface area contributed by atoms with Crippen LogP contribution in [0, 0.1) is 0 Å². The van der Waals surface area contributed by atoms with Gasteiger partial charge in [0.2, 0.25) is 0 Å². The van der Waals surface area contributed by atoms with E-state index in [1.54, 1.807) is 24.3 Å². The van der Waals surface area contributed by atoms with Gasteiger partial charge in [0.05, 0.1) is 0 Å². The van der Waals surface area contributed by atoms with Gasteiger partial charge in [0.1, 0.15) is 12.4 Å². The Morgan fingerprint density at radius 1 is 0.960 bits per heavy atom. The molecule has 0 heterocycles. The molecule has 2 aromatic carbocycles. The summed E-state index contributed by atoms with van der Waals surface area (Å²) in [5, 5.41) is 0. The molecule has 25 heavy (non-hydrogen) atoms. The van der Waals surface area contributed by atoms with Crippen LogP contribution in [0.2, 0.25) is 0 Å². The highest BCUT2D eigenvalue weighted by Crippen LogP contribution is 2.18. The van der Waals surface area contributed by atoms with Gasteiger partial charge in [-0.05, 0) is 48.2 Å². The Balaban J connectivity index is 1.74.